The van der Waals surface area contributed by atoms with E-state index in [9.17, 15) is 15.2 Å². The Kier molecular flexibility index (Phi) is 4.25. The van der Waals surface area contributed by atoms with Crippen LogP contribution in [0.5, 0.6) is 0 Å². The zero-order chi connectivity index (χ0) is 22.7. The van der Waals surface area contributed by atoms with Crippen LogP contribution in [-0.2, 0) is 7.05 Å². The van der Waals surface area contributed by atoms with Gasteiger partial charge in [-0.25, -0.2) is 9.78 Å². The third-order valence-corrected chi connectivity index (χ3v) is 6.77. The molecule has 0 unspecified atom stereocenters. The minimum atomic E-state index is -0.509. The molecule has 2 atom stereocenters. The van der Waals surface area contributed by atoms with Gasteiger partial charge in [-0.15, -0.1) is 0 Å². The van der Waals surface area contributed by atoms with Gasteiger partial charge in [-0.1, -0.05) is 24.3 Å². The van der Waals surface area contributed by atoms with Crippen molar-refractivity contribution in [2.24, 2.45) is 7.05 Å². The number of fused-ring (bicyclic) bond motifs is 3. The first-order valence-corrected chi connectivity index (χ1v) is 10.9. The quantitative estimate of drug-likeness (QED) is 0.454. The Morgan fingerprint density at radius 2 is 1.82 bits per heavy atom. The summed E-state index contributed by atoms with van der Waals surface area (Å²) in [5.41, 5.74) is 6.54. The van der Waals surface area contributed by atoms with Gasteiger partial charge in [0, 0.05) is 12.7 Å². The number of imidazole rings is 2. The summed E-state index contributed by atoms with van der Waals surface area (Å²) in [7, 11) is 1.79. The first-order chi connectivity index (χ1) is 16.1. The number of aliphatic hydroxyl groups is 1. The van der Waals surface area contributed by atoms with Gasteiger partial charge in [0.15, 0.2) is 0 Å². The molecule has 3 aromatic carbocycles. The normalized spacial score (nSPS) is 17.8. The van der Waals surface area contributed by atoms with Crippen molar-refractivity contribution < 1.29 is 5.11 Å². The average molecular weight is 435 g/mol. The first-order valence-electron chi connectivity index (χ1n) is 10.9. The smallest absolute Gasteiger partial charge is 0.329 e. The van der Waals surface area contributed by atoms with Crippen molar-refractivity contribution in [1.82, 2.24) is 18.7 Å². The molecule has 1 N–H and O–H groups in total. The van der Waals surface area contributed by atoms with Crippen molar-refractivity contribution in [3.63, 3.8) is 0 Å². The molecular weight excluding hydrogens is 414 g/mol. The molecule has 33 heavy (non-hydrogen) atoms. The molecule has 0 saturated carbocycles. The Labute approximate surface area is 189 Å². The maximum atomic E-state index is 13.4. The van der Waals surface area contributed by atoms with Crippen molar-refractivity contribution in [3.8, 4) is 11.8 Å². The maximum absolute atomic E-state index is 13.4. The van der Waals surface area contributed by atoms with Crippen molar-refractivity contribution in [3.05, 3.63) is 94.2 Å². The zero-order valence-electron chi connectivity index (χ0n) is 18.0. The van der Waals surface area contributed by atoms with Crippen LogP contribution in [0.25, 0.3) is 27.8 Å². The number of aryl methyl sites for hydroxylation is 1. The van der Waals surface area contributed by atoms with Crippen LogP contribution in [-0.4, -0.2) is 23.8 Å². The summed E-state index contributed by atoms with van der Waals surface area (Å²) in [6.07, 6.45) is 2.52. The molecule has 0 radical (unpaired) electrons. The van der Waals surface area contributed by atoms with Gasteiger partial charge in [-0.3, -0.25) is 13.7 Å². The third-order valence-electron chi connectivity index (χ3n) is 6.77. The van der Waals surface area contributed by atoms with Gasteiger partial charge in [0.2, 0.25) is 0 Å². The SMILES string of the molecule is Cn1c(=O)n([C@@H]2CC[C@@H](O)c3ccccc32)c2cc(-n3cnc4ccc(C#N)cc43)ccc21. The monoisotopic (exact) mass is 435 g/mol. The van der Waals surface area contributed by atoms with Gasteiger partial charge in [0.25, 0.3) is 0 Å². The lowest BCUT2D eigenvalue weighted by atomic mass is 9.85. The fourth-order valence-electron chi connectivity index (χ4n) is 5.10. The van der Waals surface area contributed by atoms with E-state index in [2.05, 4.69) is 11.1 Å². The second-order valence-electron chi connectivity index (χ2n) is 8.55. The summed E-state index contributed by atoms with van der Waals surface area (Å²) in [5, 5.41) is 19.8. The lowest BCUT2D eigenvalue weighted by molar-refractivity contribution is 0.147. The number of nitriles is 1. The third kappa shape index (κ3) is 2.85. The van der Waals surface area contributed by atoms with Gasteiger partial charge in [-0.2, -0.15) is 5.26 Å². The molecular formula is C26H21N5O2. The molecule has 5 aromatic rings. The summed E-state index contributed by atoms with van der Waals surface area (Å²) in [4.78, 5) is 17.9. The van der Waals surface area contributed by atoms with Crippen LogP contribution in [0, 0.1) is 11.3 Å². The predicted octanol–water partition coefficient (Wildman–Crippen LogP) is 3.97. The van der Waals surface area contributed by atoms with E-state index in [1.165, 1.54) is 0 Å². The Morgan fingerprint density at radius 3 is 2.64 bits per heavy atom. The van der Waals surface area contributed by atoms with E-state index in [4.69, 9.17) is 0 Å². The number of nitrogens with zero attached hydrogens (tertiary/aromatic N) is 5. The van der Waals surface area contributed by atoms with Gasteiger partial charge in [-0.05, 0) is 60.4 Å². The molecule has 2 aromatic heterocycles. The van der Waals surface area contributed by atoms with Crippen LogP contribution in [0.3, 0.4) is 0 Å². The Hall–Kier alpha value is -4.15. The van der Waals surface area contributed by atoms with Crippen LogP contribution in [0.15, 0.2) is 71.8 Å². The number of aliphatic hydroxyl groups excluding tert-OH is 1. The topological polar surface area (TPSA) is 88.8 Å². The lowest BCUT2D eigenvalue weighted by Crippen LogP contribution is -2.29. The molecule has 7 heteroatoms. The molecule has 6 rings (SSSR count). The van der Waals surface area contributed by atoms with E-state index in [0.717, 1.165) is 38.9 Å². The predicted molar refractivity (Wildman–Crippen MR) is 125 cm³/mol. The lowest BCUT2D eigenvalue weighted by Gasteiger charge is -2.29. The van der Waals surface area contributed by atoms with Crippen molar-refractivity contribution in [1.29, 1.82) is 5.26 Å². The van der Waals surface area contributed by atoms with E-state index in [1.807, 2.05) is 63.7 Å². The molecule has 0 aliphatic heterocycles. The van der Waals surface area contributed by atoms with E-state index >= 15 is 0 Å². The van der Waals surface area contributed by atoms with Gasteiger partial charge in [0.05, 0.1) is 45.8 Å². The summed E-state index contributed by atoms with van der Waals surface area (Å²) < 4.78 is 5.46. The van der Waals surface area contributed by atoms with E-state index in [-0.39, 0.29) is 11.7 Å². The Balaban J connectivity index is 1.58. The Morgan fingerprint density at radius 1 is 1.00 bits per heavy atom. The molecule has 1 aliphatic rings. The average Bonchev–Trinajstić information content (AvgIpc) is 3.38. The highest BCUT2D eigenvalue weighted by Crippen LogP contribution is 2.39. The fraction of sp³-hybridized carbons (Fsp3) is 0.192. The highest BCUT2D eigenvalue weighted by Gasteiger charge is 2.29. The number of rotatable bonds is 2. The van der Waals surface area contributed by atoms with Gasteiger partial charge in [0.1, 0.15) is 6.33 Å². The Bertz CT molecular complexity index is 1650. The van der Waals surface area contributed by atoms with Crippen molar-refractivity contribution in [2.75, 3.05) is 0 Å². The highest BCUT2D eigenvalue weighted by molar-refractivity contribution is 5.83. The maximum Gasteiger partial charge on any atom is 0.329 e. The van der Waals surface area contributed by atoms with Crippen molar-refractivity contribution in [2.45, 2.75) is 25.0 Å². The fourth-order valence-corrected chi connectivity index (χ4v) is 5.10. The molecule has 0 bridgehead atoms. The first kappa shape index (κ1) is 19.5. The largest absolute Gasteiger partial charge is 0.388 e. The summed E-state index contributed by atoms with van der Waals surface area (Å²) >= 11 is 0. The number of hydrogen-bond donors (Lipinski definition) is 1. The second kappa shape index (κ2) is 7.19. The van der Waals surface area contributed by atoms with Crippen LogP contribution in [0.4, 0.5) is 0 Å². The minimum Gasteiger partial charge on any atom is -0.388 e. The van der Waals surface area contributed by atoms with Crippen molar-refractivity contribution >= 4 is 22.1 Å². The zero-order valence-corrected chi connectivity index (χ0v) is 18.0. The summed E-state index contributed by atoms with van der Waals surface area (Å²) in [6.45, 7) is 0. The molecule has 162 valence electrons. The summed E-state index contributed by atoms with van der Waals surface area (Å²) in [6, 6.07) is 21.2. The number of hydrogen-bond acceptors (Lipinski definition) is 4. The molecule has 0 spiro atoms. The number of aromatic nitrogens is 4. The van der Waals surface area contributed by atoms with Gasteiger partial charge >= 0.3 is 5.69 Å². The van der Waals surface area contributed by atoms with E-state index in [0.29, 0.717) is 18.4 Å². The minimum absolute atomic E-state index is 0.0828. The van der Waals surface area contributed by atoms with Crippen LogP contribution in [0.1, 0.15) is 41.7 Å². The van der Waals surface area contributed by atoms with E-state index in [1.54, 1.807) is 24.0 Å². The van der Waals surface area contributed by atoms with E-state index < -0.39 is 6.10 Å². The second-order valence-corrected chi connectivity index (χ2v) is 8.55. The molecule has 0 fully saturated rings. The van der Waals surface area contributed by atoms with Crippen LogP contribution < -0.4 is 5.69 Å². The standard InChI is InChI=1S/C26H21N5O2/c1-29-22-9-7-17(30-15-28-20-8-6-16(14-27)12-23(20)30)13-24(22)31(26(29)33)21-10-11-25(32)19-5-3-2-4-18(19)21/h2-9,12-13,15,21,25,32H,10-11H2,1H3/t21-,25-/m1/s1. The van der Waals surface area contributed by atoms with Crippen LogP contribution in [0.2, 0.25) is 0 Å². The number of benzene rings is 3. The molecule has 0 saturated heterocycles. The summed E-state index contributed by atoms with van der Waals surface area (Å²) in [5.74, 6) is 0. The molecule has 7 nitrogen and oxygen atoms in total. The molecule has 2 heterocycles. The molecule has 1 aliphatic carbocycles. The highest BCUT2D eigenvalue weighted by atomic mass is 16.3. The molecule has 0 amide bonds. The van der Waals surface area contributed by atoms with Crippen LogP contribution >= 0.6 is 0 Å². The van der Waals surface area contributed by atoms with Gasteiger partial charge < -0.3 is 5.11 Å².